The second-order valence-corrected chi connectivity index (χ2v) is 2.80. The summed E-state index contributed by atoms with van der Waals surface area (Å²) in [6, 6.07) is 0. The van der Waals surface area contributed by atoms with Crippen molar-refractivity contribution in [1.82, 2.24) is 4.90 Å². The molecule has 0 aromatic carbocycles. The Morgan fingerprint density at radius 2 is 2.00 bits per heavy atom. The summed E-state index contributed by atoms with van der Waals surface area (Å²) in [5.74, 6) is 0.767. The Bertz CT molecular complexity index is 75.0. The van der Waals surface area contributed by atoms with E-state index in [0.717, 1.165) is 25.6 Å². The molecule has 53 valence electrons. The zero-order valence-electron chi connectivity index (χ0n) is 5.84. The second-order valence-electron chi connectivity index (χ2n) is 2.80. The van der Waals surface area contributed by atoms with Crippen LogP contribution in [0.3, 0.4) is 0 Å². The van der Waals surface area contributed by atoms with Crippen LogP contribution in [0.2, 0.25) is 0 Å². The Labute approximate surface area is 57.0 Å². The lowest BCUT2D eigenvalue weighted by Crippen LogP contribution is -2.31. The third kappa shape index (κ3) is 1.95. The standard InChI is InChI=1S/C7H15N2/c1-9-4-2-7(6-8)3-5-9/h7H,1-6,8H2. The molecule has 9 heavy (non-hydrogen) atoms. The summed E-state index contributed by atoms with van der Waals surface area (Å²) in [6.45, 7) is 3.11. The van der Waals surface area contributed by atoms with E-state index >= 15 is 0 Å². The van der Waals surface area contributed by atoms with Crippen molar-refractivity contribution in [2.45, 2.75) is 12.8 Å². The Morgan fingerprint density at radius 3 is 2.44 bits per heavy atom. The molecule has 2 N–H and O–H groups in total. The first-order chi connectivity index (χ1) is 4.33. The van der Waals surface area contributed by atoms with Crippen LogP contribution in [0.1, 0.15) is 12.8 Å². The smallest absolute Gasteiger partial charge is 0.0109 e. The van der Waals surface area contributed by atoms with Gasteiger partial charge in [0.1, 0.15) is 0 Å². The van der Waals surface area contributed by atoms with Gasteiger partial charge in [-0.25, -0.2) is 0 Å². The minimum Gasteiger partial charge on any atom is -0.330 e. The molecule has 1 fully saturated rings. The molecule has 0 bridgehead atoms. The van der Waals surface area contributed by atoms with Gasteiger partial charge < -0.3 is 10.6 Å². The molecule has 1 rings (SSSR count). The molecule has 0 aromatic heterocycles. The van der Waals surface area contributed by atoms with Gasteiger partial charge in [0.25, 0.3) is 0 Å². The van der Waals surface area contributed by atoms with E-state index in [9.17, 15) is 0 Å². The average Bonchev–Trinajstić information content (AvgIpc) is 1.90. The predicted molar refractivity (Wildman–Crippen MR) is 38.7 cm³/mol. The quantitative estimate of drug-likeness (QED) is 0.554. The summed E-state index contributed by atoms with van der Waals surface area (Å²) in [6.07, 6.45) is 2.47. The maximum Gasteiger partial charge on any atom is 0.0109 e. The number of likely N-dealkylation sites (tertiary alicyclic amines) is 1. The largest absolute Gasteiger partial charge is 0.330 e. The van der Waals surface area contributed by atoms with Crippen molar-refractivity contribution in [3.63, 3.8) is 0 Å². The van der Waals surface area contributed by atoms with Crippen LogP contribution in [0.25, 0.3) is 0 Å². The van der Waals surface area contributed by atoms with Gasteiger partial charge in [-0.15, -0.1) is 0 Å². The molecule has 2 nitrogen and oxygen atoms in total. The van der Waals surface area contributed by atoms with Crippen LogP contribution in [0, 0.1) is 13.0 Å². The molecule has 1 radical (unpaired) electrons. The summed E-state index contributed by atoms with van der Waals surface area (Å²) < 4.78 is 0. The van der Waals surface area contributed by atoms with Crippen molar-refractivity contribution < 1.29 is 0 Å². The van der Waals surface area contributed by atoms with Gasteiger partial charge >= 0.3 is 0 Å². The number of nitrogens with two attached hydrogens (primary N) is 1. The van der Waals surface area contributed by atoms with Crippen LogP contribution in [-0.4, -0.2) is 24.5 Å². The highest BCUT2D eigenvalue weighted by Crippen LogP contribution is 2.13. The molecule has 0 unspecified atom stereocenters. The topological polar surface area (TPSA) is 29.3 Å². The first-order valence-electron chi connectivity index (χ1n) is 3.58. The van der Waals surface area contributed by atoms with Gasteiger partial charge in [0.05, 0.1) is 0 Å². The molecule has 0 aromatic rings. The molecule has 1 aliphatic rings. The summed E-state index contributed by atoms with van der Waals surface area (Å²) in [4.78, 5) is 2.12. The van der Waals surface area contributed by atoms with Crippen molar-refractivity contribution in [2.75, 3.05) is 19.6 Å². The Kier molecular flexibility index (Phi) is 2.49. The summed E-state index contributed by atoms with van der Waals surface area (Å²) in [7, 11) is 3.86. The van der Waals surface area contributed by atoms with Gasteiger partial charge in [-0.2, -0.15) is 0 Å². The molecule has 1 aliphatic heterocycles. The minimum absolute atomic E-state index is 0.767. The van der Waals surface area contributed by atoms with Crippen molar-refractivity contribution in [3.8, 4) is 0 Å². The molecule has 2 heteroatoms. The van der Waals surface area contributed by atoms with E-state index < -0.39 is 0 Å². The highest BCUT2D eigenvalue weighted by atomic mass is 15.1. The van der Waals surface area contributed by atoms with Gasteiger partial charge in [-0.05, 0) is 38.4 Å². The van der Waals surface area contributed by atoms with Gasteiger partial charge in [0, 0.05) is 7.05 Å². The van der Waals surface area contributed by atoms with Crippen molar-refractivity contribution in [1.29, 1.82) is 0 Å². The fourth-order valence-electron chi connectivity index (χ4n) is 1.22. The minimum atomic E-state index is 0.767. The summed E-state index contributed by atoms with van der Waals surface area (Å²) in [5.41, 5.74) is 5.51. The van der Waals surface area contributed by atoms with E-state index in [1.165, 1.54) is 12.8 Å². The first-order valence-corrected chi connectivity index (χ1v) is 3.58. The molecule has 0 aliphatic carbocycles. The van der Waals surface area contributed by atoms with Crippen LogP contribution in [0.15, 0.2) is 0 Å². The van der Waals surface area contributed by atoms with E-state index in [4.69, 9.17) is 5.73 Å². The van der Waals surface area contributed by atoms with Crippen LogP contribution in [-0.2, 0) is 0 Å². The lowest BCUT2D eigenvalue weighted by atomic mass is 9.98. The zero-order chi connectivity index (χ0) is 6.69. The van der Waals surface area contributed by atoms with E-state index in [1.54, 1.807) is 0 Å². The highest BCUT2D eigenvalue weighted by molar-refractivity contribution is 4.71. The normalized spacial score (nSPS) is 24.7. The van der Waals surface area contributed by atoms with Crippen LogP contribution in [0.5, 0.6) is 0 Å². The molecule has 0 saturated carbocycles. The first kappa shape index (κ1) is 7.03. The molecule has 0 atom stereocenters. The Morgan fingerprint density at radius 1 is 1.44 bits per heavy atom. The molecule has 0 amide bonds. The number of rotatable bonds is 1. The van der Waals surface area contributed by atoms with E-state index in [0.29, 0.717) is 0 Å². The van der Waals surface area contributed by atoms with Gasteiger partial charge in [0.2, 0.25) is 0 Å². The third-order valence-corrected chi connectivity index (χ3v) is 2.04. The lowest BCUT2D eigenvalue weighted by molar-refractivity contribution is 0.244. The van der Waals surface area contributed by atoms with Crippen molar-refractivity contribution >= 4 is 0 Å². The summed E-state index contributed by atoms with van der Waals surface area (Å²) in [5, 5.41) is 0. The maximum absolute atomic E-state index is 5.51. The Hall–Kier alpha value is -0.0800. The molecule has 1 heterocycles. The molecule has 0 spiro atoms. The summed E-state index contributed by atoms with van der Waals surface area (Å²) >= 11 is 0. The van der Waals surface area contributed by atoms with Crippen LogP contribution >= 0.6 is 0 Å². The van der Waals surface area contributed by atoms with Gasteiger partial charge in [-0.1, -0.05) is 0 Å². The Balaban J connectivity index is 2.18. The lowest BCUT2D eigenvalue weighted by Gasteiger charge is -2.27. The van der Waals surface area contributed by atoms with Crippen molar-refractivity contribution in [3.05, 3.63) is 7.05 Å². The fraction of sp³-hybridized carbons (Fsp3) is 0.857. The van der Waals surface area contributed by atoms with Gasteiger partial charge in [0.15, 0.2) is 0 Å². The number of nitrogens with zero attached hydrogens (tertiary/aromatic N) is 1. The van der Waals surface area contributed by atoms with Gasteiger partial charge in [-0.3, -0.25) is 0 Å². The number of hydrogen-bond donors (Lipinski definition) is 1. The monoisotopic (exact) mass is 127 g/mol. The number of piperidine rings is 1. The SMILES string of the molecule is [CH2]N1CCC(CN)CC1. The fourth-order valence-corrected chi connectivity index (χ4v) is 1.22. The molecular formula is C7H15N2. The molecular weight excluding hydrogens is 112 g/mol. The van der Waals surface area contributed by atoms with Crippen LogP contribution in [0.4, 0.5) is 0 Å². The highest BCUT2D eigenvalue weighted by Gasteiger charge is 2.14. The van der Waals surface area contributed by atoms with E-state index in [-0.39, 0.29) is 0 Å². The average molecular weight is 127 g/mol. The predicted octanol–water partition coefficient (Wildman–Crippen LogP) is 0.449. The van der Waals surface area contributed by atoms with E-state index in [2.05, 4.69) is 11.9 Å². The second kappa shape index (κ2) is 3.18. The number of hydrogen-bond acceptors (Lipinski definition) is 2. The third-order valence-electron chi connectivity index (χ3n) is 2.04. The van der Waals surface area contributed by atoms with E-state index in [1.807, 2.05) is 0 Å². The maximum atomic E-state index is 5.51. The molecule has 1 saturated heterocycles. The zero-order valence-corrected chi connectivity index (χ0v) is 5.84. The van der Waals surface area contributed by atoms with Crippen LogP contribution < -0.4 is 5.73 Å². The van der Waals surface area contributed by atoms with Crippen molar-refractivity contribution in [2.24, 2.45) is 11.7 Å².